The number of morpholine rings is 1. The quantitative estimate of drug-likeness (QED) is 0.642. The van der Waals surface area contributed by atoms with Gasteiger partial charge in [-0.25, -0.2) is 0 Å². The molecule has 6 heteroatoms. The molecule has 6 nitrogen and oxygen atoms in total. The van der Waals surface area contributed by atoms with Crippen molar-refractivity contribution in [3.05, 3.63) is 65.9 Å². The highest BCUT2D eigenvalue weighted by Crippen LogP contribution is 2.35. The van der Waals surface area contributed by atoms with Gasteiger partial charge in [0, 0.05) is 60.3 Å². The first-order chi connectivity index (χ1) is 14.8. The average molecular weight is 400 g/mol. The number of hydrogen-bond donors (Lipinski definition) is 2. The smallest absolute Gasteiger partial charge is 0.256 e. The fourth-order valence-corrected chi connectivity index (χ4v) is 4.02. The van der Waals surface area contributed by atoms with Gasteiger partial charge in [-0.3, -0.25) is 14.7 Å². The van der Waals surface area contributed by atoms with Gasteiger partial charge < -0.3 is 15.4 Å². The van der Waals surface area contributed by atoms with Gasteiger partial charge >= 0.3 is 0 Å². The summed E-state index contributed by atoms with van der Waals surface area (Å²) in [5.41, 5.74) is 5.39. The van der Waals surface area contributed by atoms with Crippen LogP contribution in [0.5, 0.6) is 0 Å². The second-order valence-electron chi connectivity index (χ2n) is 7.57. The van der Waals surface area contributed by atoms with Crippen LogP contribution in [0.15, 0.2) is 54.7 Å². The van der Waals surface area contributed by atoms with E-state index >= 15 is 0 Å². The van der Waals surface area contributed by atoms with E-state index in [1.807, 2.05) is 48.5 Å². The molecule has 1 amide bonds. The topological polar surface area (TPSA) is 66.5 Å². The largest absolute Gasteiger partial charge is 0.384 e. The molecule has 2 aliphatic heterocycles. The maximum absolute atomic E-state index is 12.7. The lowest BCUT2D eigenvalue weighted by Crippen LogP contribution is -2.39. The van der Waals surface area contributed by atoms with Crippen LogP contribution < -0.4 is 10.6 Å². The number of rotatable bonds is 5. The third-order valence-corrected chi connectivity index (χ3v) is 5.65. The molecule has 0 unspecified atom stereocenters. The van der Waals surface area contributed by atoms with E-state index in [0.717, 1.165) is 72.8 Å². The molecule has 0 radical (unpaired) electrons. The molecule has 2 aliphatic rings. The second kappa shape index (κ2) is 8.26. The Bertz CT molecular complexity index is 1110. The van der Waals surface area contributed by atoms with Gasteiger partial charge in [0.25, 0.3) is 5.91 Å². The van der Waals surface area contributed by atoms with E-state index in [2.05, 4.69) is 26.6 Å². The summed E-state index contributed by atoms with van der Waals surface area (Å²) in [7, 11) is 0. The van der Waals surface area contributed by atoms with E-state index < -0.39 is 0 Å². The van der Waals surface area contributed by atoms with Gasteiger partial charge in [0.05, 0.1) is 18.7 Å². The third-order valence-electron chi connectivity index (χ3n) is 5.65. The number of nitrogens with zero attached hydrogens (tertiary/aromatic N) is 2. The highest BCUT2D eigenvalue weighted by atomic mass is 16.5. The number of para-hydroxylation sites is 1. The molecule has 0 bridgehead atoms. The summed E-state index contributed by atoms with van der Waals surface area (Å²) in [6.07, 6.45) is 3.74. The molecule has 5 rings (SSSR count). The lowest BCUT2D eigenvalue weighted by Gasteiger charge is -2.26. The number of benzene rings is 2. The summed E-state index contributed by atoms with van der Waals surface area (Å²) in [6, 6.07) is 16.0. The number of carbonyl (C=O) groups excluding carboxylic acids is 1. The zero-order valence-corrected chi connectivity index (χ0v) is 16.7. The number of nitrogens with one attached hydrogen (secondary N) is 2. The van der Waals surface area contributed by atoms with Gasteiger partial charge in [0.15, 0.2) is 0 Å². The number of hydrogen-bond acceptors (Lipinski definition) is 5. The SMILES string of the molecule is O=C1Nc2ccc(NCCN3CCOCC3)cc2C1=Cc1ccnc2ccccc12. The van der Waals surface area contributed by atoms with E-state index in [0.29, 0.717) is 5.57 Å². The number of fused-ring (bicyclic) bond motifs is 2. The molecule has 2 aromatic carbocycles. The average Bonchev–Trinajstić information content (AvgIpc) is 3.09. The summed E-state index contributed by atoms with van der Waals surface area (Å²) >= 11 is 0. The Morgan fingerprint density at radius 1 is 1.13 bits per heavy atom. The molecular formula is C24H24N4O2. The summed E-state index contributed by atoms with van der Waals surface area (Å²) in [5, 5.41) is 7.51. The zero-order valence-electron chi connectivity index (χ0n) is 16.7. The molecule has 30 heavy (non-hydrogen) atoms. The van der Waals surface area contributed by atoms with Crippen molar-refractivity contribution in [3.63, 3.8) is 0 Å². The van der Waals surface area contributed by atoms with Crippen LogP contribution in [0, 0.1) is 0 Å². The van der Waals surface area contributed by atoms with E-state index in [1.165, 1.54) is 0 Å². The molecule has 3 heterocycles. The van der Waals surface area contributed by atoms with E-state index in [9.17, 15) is 4.79 Å². The van der Waals surface area contributed by atoms with Gasteiger partial charge in [-0.2, -0.15) is 0 Å². The minimum Gasteiger partial charge on any atom is -0.384 e. The number of pyridine rings is 1. The maximum Gasteiger partial charge on any atom is 0.256 e. The van der Waals surface area contributed by atoms with Crippen molar-refractivity contribution < 1.29 is 9.53 Å². The summed E-state index contributed by atoms with van der Waals surface area (Å²) < 4.78 is 5.40. The first-order valence-corrected chi connectivity index (χ1v) is 10.3. The highest BCUT2D eigenvalue weighted by molar-refractivity contribution is 6.35. The lowest BCUT2D eigenvalue weighted by atomic mass is 10.0. The fourth-order valence-electron chi connectivity index (χ4n) is 4.02. The Balaban J connectivity index is 1.39. The van der Waals surface area contributed by atoms with Crippen molar-refractivity contribution >= 4 is 39.8 Å². The van der Waals surface area contributed by atoms with E-state index in [4.69, 9.17) is 4.74 Å². The molecule has 152 valence electrons. The van der Waals surface area contributed by atoms with Crippen LogP contribution in [0.4, 0.5) is 11.4 Å². The van der Waals surface area contributed by atoms with Crippen LogP contribution in [-0.4, -0.2) is 55.2 Å². The Morgan fingerprint density at radius 3 is 2.90 bits per heavy atom. The van der Waals surface area contributed by atoms with Crippen molar-refractivity contribution in [1.29, 1.82) is 0 Å². The predicted molar refractivity (Wildman–Crippen MR) is 120 cm³/mol. The first kappa shape index (κ1) is 18.8. The molecule has 1 aromatic heterocycles. The standard InChI is InChI=1S/C24H24N4O2/c29-24-21(15-17-7-8-26-22-4-2-1-3-19(17)22)20-16-18(5-6-23(20)27-24)25-9-10-28-11-13-30-14-12-28/h1-8,15-16,25H,9-14H2,(H,27,29). The van der Waals surface area contributed by atoms with Gasteiger partial charge in [0.2, 0.25) is 0 Å². The summed E-state index contributed by atoms with van der Waals surface area (Å²) in [6.45, 7) is 5.42. The van der Waals surface area contributed by atoms with Crippen molar-refractivity contribution in [2.45, 2.75) is 0 Å². The van der Waals surface area contributed by atoms with Gasteiger partial charge in [-0.1, -0.05) is 18.2 Å². The number of anilines is 2. The molecule has 1 fully saturated rings. The zero-order chi connectivity index (χ0) is 20.3. The number of amides is 1. The second-order valence-corrected chi connectivity index (χ2v) is 7.57. The van der Waals surface area contributed by atoms with Crippen molar-refractivity contribution in [2.24, 2.45) is 0 Å². The predicted octanol–water partition coefficient (Wildman–Crippen LogP) is 3.47. The van der Waals surface area contributed by atoms with Gasteiger partial charge in [-0.15, -0.1) is 0 Å². The van der Waals surface area contributed by atoms with Crippen LogP contribution in [0.3, 0.4) is 0 Å². The Hall–Kier alpha value is -3.22. The van der Waals surface area contributed by atoms with Crippen molar-refractivity contribution in [2.75, 3.05) is 50.0 Å². The Labute approximate surface area is 175 Å². The van der Waals surface area contributed by atoms with Crippen molar-refractivity contribution in [1.82, 2.24) is 9.88 Å². The monoisotopic (exact) mass is 400 g/mol. The molecule has 0 aliphatic carbocycles. The third kappa shape index (κ3) is 3.79. The molecule has 3 aromatic rings. The minimum atomic E-state index is -0.0728. The van der Waals surface area contributed by atoms with Crippen molar-refractivity contribution in [3.8, 4) is 0 Å². The van der Waals surface area contributed by atoms with Crippen LogP contribution in [-0.2, 0) is 9.53 Å². The molecule has 0 atom stereocenters. The number of carbonyl (C=O) groups is 1. The molecule has 2 N–H and O–H groups in total. The lowest BCUT2D eigenvalue weighted by molar-refractivity contribution is -0.110. The normalized spacial score (nSPS) is 17.9. The van der Waals surface area contributed by atoms with Crippen LogP contribution >= 0.6 is 0 Å². The number of aromatic nitrogens is 1. The fraction of sp³-hybridized carbons (Fsp3) is 0.250. The van der Waals surface area contributed by atoms with Crippen LogP contribution in [0.1, 0.15) is 11.1 Å². The van der Waals surface area contributed by atoms with Gasteiger partial charge in [0.1, 0.15) is 0 Å². The summed E-state index contributed by atoms with van der Waals surface area (Å²) in [5.74, 6) is -0.0728. The highest BCUT2D eigenvalue weighted by Gasteiger charge is 2.24. The minimum absolute atomic E-state index is 0.0728. The first-order valence-electron chi connectivity index (χ1n) is 10.3. The summed E-state index contributed by atoms with van der Waals surface area (Å²) in [4.78, 5) is 19.5. The van der Waals surface area contributed by atoms with E-state index in [-0.39, 0.29) is 5.91 Å². The van der Waals surface area contributed by atoms with Crippen LogP contribution in [0.25, 0.3) is 22.6 Å². The molecule has 0 saturated carbocycles. The van der Waals surface area contributed by atoms with Gasteiger partial charge in [-0.05, 0) is 42.0 Å². The van der Waals surface area contributed by atoms with E-state index in [1.54, 1.807) is 6.20 Å². The molecule has 0 spiro atoms. The Kier molecular flexibility index (Phi) is 5.17. The Morgan fingerprint density at radius 2 is 2.00 bits per heavy atom. The number of ether oxygens (including phenoxy) is 1. The maximum atomic E-state index is 12.7. The molecule has 1 saturated heterocycles. The molecular weight excluding hydrogens is 376 g/mol. The van der Waals surface area contributed by atoms with Crippen LogP contribution in [0.2, 0.25) is 0 Å².